The van der Waals surface area contributed by atoms with E-state index < -0.39 is 6.09 Å². The molecule has 0 spiro atoms. The van der Waals surface area contributed by atoms with Gasteiger partial charge >= 0.3 is 6.09 Å². The van der Waals surface area contributed by atoms with E-state index >= 15 is 0 Å². The van der Waals surface area contributed by atoms with Crippen molar-refractivity contribution in [2.75, 3.05) is 5.32 Å². The number of pyridine rings is 1. The van der Waals surface area contributed by atoms with Gasteiger partial charge in [0.2, 0.25) is 0 Å². The van der Waals surface area contributed by atoms with Gasteiger partial charge < -0.3 is 15.0 Å². The molecule has 0 unspecified atom stereocenters. The van der Waals surface area contributed by atoms with Crippen LogP contribution in [0.5, 0.6) is 0 Å². The summed E-state index contributed by atoms with van der Waals surface area (Å²) in [5.74, 6) is 1.61. The smallest absolute Gasteiger partial charge is 0.416 e. The van der Waals surface area contributed by atoms with E-state index in [1.54, 1.807) is 23.1 Å². The third-order valence-corrected chi connectivity index (χ3v) is 6.31. The lowest BCUT2D eigenvalue weighted by molar-refractivity contribution is 0.198. The standard InChI is InChI=1S/C26H27N7O2/c1-15(2)24-20-12-28-23(10-21(20)33(26(34)35)25(24)18-11-29-31(4)14-18)30-19-8-6-17(7-9-19)22-13-27-16(3)32(22)5/h6-15H,1-5H3,(H,28,30)(H,34,35). The number of benzene rings is 1. The van der Waals surface area contributed by atoms with Crippen molar-refractivity contribution in [3.63, 3.8) is 0 Å². The first-order valence-corrected chi connectivity index (χ1v) is 11.4. The number of fused-ring (bicyclic) bond motifs is 1. The largest absolute Gasteiger partial charge is 0.464 e. The van der Waals surface area contributed by atoms with Gasteiger partial charge in [0, 0.05) is 49.2 Å². The number of nitrogens with one attached hydrogen (secondary N) is 1. The van der Waals surface area contributed by atoms with Crippen molar-refractivity contribution >= 4 is 28.5 Å². The molecule has 0 aliphatic carbocycles. The highest BCUT2D eigenvalue weighted by molar-refractivity contribution is 6.00. The zero-order valence-corrected chi connectivity index (χ0v) is 20.3. The van der Waals surface area contributed by atoms with Crippen LogP contribution in [-0.4, -0.2) is 40.1 Å². The lowest BCUT2D eigenvalue weighted by Crippen LogP contribution is -2.10. The van der Waals surface area contributed by atoms with Crippen LogP contribution < -0.4 is 5.32 Å². The number of aromatic nitrogens is 6. The number of aryl methyl sites for hydroxylation is 2. The monoisotopic (exact) mass is 469 g/mol. The number of imidazole rings is 1. The second kappa shape index (κ2) is 8.43. The molecule has 178 valence electrons. The molecule has 0 aliphatic heterocycles. The molecule has 1 aromatic carbocycles. The fourth-order valence-corrected chi connectivity index (χ4v) is 4.53. The molecule has 0 saturated carbocycles. The van der Waals surface area contributed by atoms with Crippen molar-refractivity contribution in [1.29, 1.82) is 0 Å². The number of rotatable bonds is 5. The summed E-state index contributed by atoms with van der Waals surface area (Å²) in [6.45, 7) is 6.08. The van der Waals surface area contributed by atoms with E-state index in [-0.39, 0.29) is 5.92 Å². The van der Waals surface area contributed by atoms with Crippen LogP contribution in [0.3, 0.4) is 0 Å². The fraction of sp³-hybridized carbons (Fsp3) is 0.231. The zero-order chi connectivity index (χ0) is 24.9. The Hall–Kier alpha value is -4.40. The highest BCUT2D eigenvalue weighted by atomic mass is 16.4. The van der Waals surface area contributed by atoms with Gasteiger partial charge in [0.15, 0.2) is 0 Å². The average Bonchev–Trinajstić information content (AvgIpc) is 3.49. The van der Waals surface area contributed by atoms with E-state index in [9.17, 15) is 9.90 Å². The van der Waals surface area contributed by atoms with Gasteiger partial charge in [-0.3, -0.25) is 4.68 Å². The maximum Gasteiger partial charge on any atom is 0.416 e. The van der Waals surface area contributed by atoms with E-state index in [2.05, 4.69) is 34.2 Å². The molecule has 0 bridgehead atoms. The van der Waals surface area contributed by atoms with E-state index in [1.165, 1.54) is 4.57 Å². The third-order valence-electron chi connectivity index (χ3n) is 6.31. The van der Waals surface area contributed by atoms with Crippen LogP contribution in [0.2, 0.25) is 0 Å². The summed E-state index contributed by atoms with van der Waals surface area (Å²) < 4.78 is 5.05. The predicted octanol–water partition coefficient (Wildman–Crippen LogP) is 5.54. The Morgan fingerprint density at radius 1 is 1.03 bits per heavy atom. The molecule has 0 atom stereocenters. The van der Waals surface area contributed by atoms with Crippen molar-refractivity contribution in [1.82, 2.24) is 28.9 Å². The molecule has 0 amide bonds. The minimum absolute atomic E-state index is 0.0945. The van der Waals surface area contributed by atoms with Gasteiger partial charge in [-0.05, 0) is 36.1 Å². The van der Waals surface area contributed by atoms with Crippen LogP contribution in [0, 0.1) is 6.92 Å². The van der Waals surface area contributed by atoms with Crippen molar-refractivity contribution in [3.05, 3.63) is 66.5 Å². The number of hydrogen-bond acceptors (Lipinski definition) is 5. The molecular weight excluding hydrogens is 442 g/mol. The molecule has 2 N–H and O–H groups in total. The molecule has 0 saturated heterocycles. The second-order valence-corrected chi connectivity index (χ2v) is 8.98. The van der Waals surface area contributed by atoms with E-state index in [1.807, 2.05) is 62.2 Å². The van der Waals surface area contributed by atoms with Gasteiger partial charge in [0.1, 0.15) is 11.6 Å². The lowest BCUT2D eigenvalue weighted by Gasteiger charge is -2.09. The minimum atomic E-state index is -1.05. The molecule has 4 aromatic heterocycles. The zero-order valence-electron chi connectivity index (χ0n) is 20.3. The number of anilines is 2. The van der Waals surface area contributed by atoms with Gasteiger partial charge in [0.25, 0.3) is 0 Å². The molecule has 0 fully saturated rings. The van der Waals surface area contributed by atoms with Crippen molar-refractivity contribution in [2.45, 2.75) is 26.7 Å². The Labute approximate surface area is 202 Å². The molecular formula is C26H27N7O2. The molecule has 9 heteroatoms. The van der Waals surface area contributed by atoms with Crippen molar-refractivity contribution in [2.24, 2.45) is 14.1 Å². The van der Waals surface area contributed by atoms with Crippen LogP contribution in [-0.2, 0) is 14.1 Å². The highest BCUT2D eigenvalue weighted by Crippen LogP contribution is 2.39. The van der Waals surface area contributed by atoms with Gasteiger partial charge in [-0.2, -0.15) is 5.10 Å². The van der Waals surface area contributed by atoms with Gasteiger partial charge in [-0.25, -0.2) is 19.3 Å². The summed E-state index contributed by atoms with van der Waals surface area (Å²) in [5, 5.41) is 18.5. The van der Waals surface area contributed by atoms with Crippen LogP contribution in [0.25, 0.3) is 33.4 Å². The van der Waals surface area contributed by atoms with Crippen molar-refractivity contribution < 1.29 is 9.90 Å². The first-order chi connectivity index (χ1) is 16.7. The maximum absolute atomic E-state index is 12.4. The Bertz CT molecular complexity index is 1550. The summed E-state index contributed by atoms with van der Waals surface area (Å²) >= 11 is 0. The second-order valence-electron chi connectivity index (χ2n) is 8.98. The van der Waals surface area contributed by atoms with Gasteiger partial charge in [-0.15, -0.1) is 0 Å². The summed E-state index contributed by atoms with van der Waals surface area (Å²) in [4.78, 5) is 21.4. The average molecular weight is 470 g/mol. The number of carboxylic acid groups (broad SMARTS) is 1. The van der Waals surface area contributed by atoms with E-state index in [0.29, 0.717) is 17.0 Å². The summed E-state index contributed by atoms with van der Waals surface area (Å²) in [5.41, 5.74) is 5.85. The molecule has 35 heavy (non-hydrogen) atoms. The Morgan fingerprint density at radius 3 is 2.34 bits per heavy atom. The van der Waals surface area contributed by atoms with E-state index in [4.69, 9.17) is 0 Å². The van der Waals surface area contributed by atoms with Crippen LogP contribution >= 0.6 is 0 Å². The molecule has 4 heterocycles. The lowest BCUT2D eigenvalue weighted by atomic mass is 9.98. The first kappa shape index (κ1) is 22.4. The molecule has 9 nitrogen and oxygen atoms in total. The van der Waals surface area contributed by atoms with E-state index in [0.717, 1.165) is 39.3 Å². The summed E-state index contributed by atoms with van der Waals surface area (Å²) in [6.07, 6.45) is 6.08. The quantitative estimate of drug-likeness (QED) is 0.350. The van der Waals surface area contributed by atoms with Gasteiger partial charge in [0.05, 0.1) is 29.3 Å². The maximum atomic E-state index is 12.4. The summed E-state index contributed by atoms with van der Waals surface area (Å²) in [7, 11) is 3.81. The Kier molecular flexibility index (Phi) is 5.39. The normalized spacial score (nSPS) is 11.5. The number of carbonyl (C=O) groups is 1. The molecule has 0 aliphatic rings. The molecule has 0 radical (unpaired) electrons. The third kappa shape index (κ3) is 3.84. The predicted molar refractivity (Wildman–Crippen MR) is 136 cm³/mol. The fourth-order valence-electron chi connectivity index (χ4n) is 4.53. The van der Waals surface area contributed by atoms with Crippen LogP contribution in [0.1, 0.15) is 31.2 Å². The van der Waals surface area contributed by atoms with Crippen LogP contribution in [0.4, 0.5) is 16.3 Å². The Balaban J connectivity index is 1.56. The van der Waals surface area contributed by atoms with Crippen molar-refractivity contribution in [3.8, 4) is 22.5 Å². The Morgan fingerprint density at radius 2 is 1.77 bits per heavy atom. The SMILES string of the molecule is Cc1ncc(-c2ccc(Nc3cc4c(cn3)c(C(C)C)c(-c3cnn(C)c3)n4C(=O)O)cc2)n1C. The summed E-state index contributed by atoms with van der Waals surface area (Å²) in [6, 6.07) is 9.78. The number of nitrogens with zero attached hydrogens (tertiary/aromatic N) is 6. The van der Waals surface area contributed by atoms with Gasteiger partial charge in [-0.1, -0.05) is 26.0 Å². The number of hydrogen-bond donors (Lipinski definition) is 2. The topological polar surface area (TPSA) is 103 Å². The minimum Gasteiger partial charge on any atom is -0.464 e. The molecule has 5 aromatic rings. The highest BCUT2D eigenvalue weighted by Gasteiger charge is 2.25. The molecule has 5 rings (SSSR count). The van der Waals surface area contributed by atoms with Crippen LogP contribution in [0.15, 0.2) is 55.1 Å². The first-order valence-electron chi connectivity index (χ1n) is 11.4.